The molecule has 1 N–H and O–H groups in total. The maximum atomic E-state index is 14.5. The maximum absolute atomic E-state index is 14.5. The largest absolute Gasteiger partial charge is 0.495 e. The minimum Gasteiger partial charge on any atom is -0.495 e. The summed E-state index contributed by atoms with van der Waals surface area (Å²) in [6.07, 6.45) is 2.74. The van der Waals surface area contributed by atoms with Crippen molar-refractivity contribution >= 4 is 21.5 Å². The molecule has 3 rings (SSSR count). The molecule has 0 radical (unpaired) electrons. The summed E-state index contributed by atoms with van der Waals surface area (Å²) in [5.41, 5.74) is 0.492. The van der Waals surface area contributed by atoms with Gasteiger partial charge < -0.3 is 14.6 Å². The van der Waals surface area contributed by atoms with Crippen molar-refractivity contribution in [2.24, 2.45) is 0 Å². The lowest BCUT2D eigenvalue weighted by atomic mass is 10.1. The second kappa shape index (κ2) is 7.28. The first kappa shape index (κ1) is 21.6. The normalized spacial score (nSPS) is 12.2. The van der Waals surface area contributed by atoms with E-state index in [9.17, 15) is 22.7 Å². The number of carbonyl (C=O) groups is 1. The minimum absolute atomic E-state index is 0.0586. The van der Waals surface area contributed by atoms with Crippen LogP contribution in [0.4, 0.5) is 4.39 Å². The molecule has 0 unspecified atom stereocenters. The highest BCUT2D eigenvalue weighted by Gasteiger charge is 2.34. The number of carboxylic acids is 1. The Morgan fingerprint density at radius 3 is 2.37 bits per heavy atom. The summed E-state index contributed by atoms with van der Waals surface area (Å²) in [6.45, 7) is 4.70. The first-order valence-electron chi connectivity index (χ1n) is 8.83. The lowest BCUT2D eigenvalue weighted by Gasteiger charge is -2.21. The first-order chi connectivity index (χ1) is 13.9. The van der Waals surface area contributed by atoms with Gasteiger partial charge in [0.15, 0.2) is 21.4 Å². The van der Waals surface area contributed by atoms with Gasteiger partial charge in [0, 0.05) is 17.8 Å². The minimum atomic E-state index is -3.79. The molecule has 0 spiro atoms. The molecule has 0 atom stereocenters. The molecule has 160 valence electrons. The number of ether oxygens (including phenoxy) is 2. The second-order valence-corrected chi connectivity index (χ2v) is 10.2. The Kier molecular flexibility index (Phi) is 5.23. The van der Waals surface area contributed by atoms with Gasteiger partial charge in [0.2, 0.25) is 0 Å². The zero-order valence-corrected chi connectivity index (χ0v) is 17.9. The van der Waals surface area contributed by atoms with Gasteiger partial charge in [0.05, 0.1) is 30.9 Å². The number of halogens is 1. The number of hydrogen-bond donors (Lipinski definition) is 1. The van der Waals surface area contributed by atoms with Crippen molar-refractivity contribution < 1.29 is 32.2 Å². The van der Waals surface area contributed by atoms with Crippen LogP contribution in [0.5, 0.6) is 11.5 Å². The van der Waals surface area contributed by atoms with E-state index in [1.807, 2.05) is 0 Å². The molecule has 30 heavy (non-hydrogen) atoms. The molecule has 0 saturated carbocycles. The number of nitrogens with zero attached hydrogens (tertiary/aromatic N) is 2. The Labute approximate surface area is 172 Å². The number of pyridine rings is 1. The topological polar surface area (TPSA) is 107 Å². The molecule has 0 aliphatic rings. The first-order valence-corrected chi connectivity index (χ1v) is 10.3. The second-order valence-electron chi connectivity index (χ2n) is 7.54. The number of aromatic carboxylic acids is 1. The van der Waals surface area contributed by atoms with Crippen molar-refractivity contribution in [2.45, 2.75) is 30.4 Å². The van der Waals surface area contributed by atoms with E-state index in [1.54, 1.807) is 20.8 Å². The third-order valence-electron chi connectivity index (χ3n) is 4.66. The third kappa shape index (κ3) is 3.36. The van der Waals surface area contributed by atoms with E-state index in [0.717, 1.165) is 6.07 Å². The summed E-state index contributed by atoms with van der Waals surface area (Å²) in [6, 6.07) is 3.81. The number of imidazole rings is 1. The number of hydrogen-bond acceptors (Lipinski definition) is 6. The molecule has 10 heteroatoms. The quantitative estimate of drug-likeness (QED) is 0.653. The summed E-state index contributed by atoms with van der Waals surface area (Å²) in [5, 5.41) is 9.40. The molecule has 2 heterocycles. The highest BCUT2D eigenvalue weighted by molar-refractivity contribution is 7.92. The van der Waals surface area contributed by atoms with E-state index in [2.05, 4.69) is 4.98 Å². The Morgan fingerprint density at radius 1 is 1.17 bits per heavy atom. The summed E-state index contributed by atoms with van der Waals surface area (Å²) in [5.74, 6) is -2.49. The van der Waals surface area contributed by atoms with Gasteiger partial charge in [-0.15, -0.1) is 0 Å². The number of methoxy groups -OCH3 is 2. The fourth-order valence-electron chi connectivity index (χ4n) is 3.00. The van der Waals surface area contributed by atoms with Crippen LogP contribution in [0.3, 0.4) is 0 Å². The number of aromatic nitrogens is 2. The zero-order valence-electron chi connectivity index (χ0n) is 17.1. The third-order valence-corrected chi connectivity index (χ3v) is 7.16. The summed E-state index contributed by atoms with van der Waals surface area (Å²) in [4.78, 5) is 15.7. The Morgan fingerprint density at radius 2 is 1.83 bits per heavy atom. The average molecular weight is 436 g/mol. The lowest BCUT2D eigenvalue weighted by molar-refractivity contribution is 0.0692. The Balaban J connectivity index is 2.33. The number of sulfone groups is 1. The Hall–Kier alpha value is -3.14. The van der Waals surface area contributed by atoms with Crippen LogP contribution in [0.1, 0.15) is 31.1 Å². The zero-order chi connectivity index (χ0) is 22.4. The van der Waals surface area contributed by atoms with Crippen LogP contribution < -0.4 is 9.47 Å². The van der Waals surface area contributed by atoms with Gasteiger partial charge in [-0.25, -0.2) is 22.6 Å². The van der Waals surface area contributed by atoms with Gasteiger partial charge in [-0.2, -0.15) is 0 Å². The van der Waals surface area contributed by atoms with E-state index in [-0.39, 0.29) is 21.8 Å². The summed E-state index contributed by atoms with van der Waals surface area (Å²) < 4.78 is 51.1. The van der Waals surface area contributed by atoms with Crippen molar-refractivity contribution in [1.82, 2.24) is 9.38 Å². The van der Waals surface area contributed by atoms with Crippen LogP contribution in [0.25, 0.3) is 16.9 Å². The van der Waals surface area contributed by atoms with Gasteiger partial charge in [-0.3, -0.25) is 4.40 Å². The van der Waals surface area contributed by atoms with Crippen molar-refractivity contribution in [1.29, 1.82) is 0 Å². The van der Waals surface area contributed by atoms with Crippen LogP contribution >= 0.6 is 0 Å². The molecule has 1 aromatic carbocycles. The average Bonchev–Trinajstić information content (AvgIpc) is 3.08. The Bertz CT molecular complexity index is 1260. The predicted octanol–water partition coefficient (Wildman–Crippen LogP) is 3.43. The van der Waals surface area contributed by atoms with E-state index in [0.29, 0.717) is 11.3 Å². The molecule has 0 aliphatic heterocycles. The molecular weight excluding hydrogens is 415 g/mol. The molecule has 8 nitrogen and oxygen atoms in total. The van der Waals surface area contributed by atoms with E-state index in [1.165, 1.54) is 43.1 Å². The van der Waals surface area contributed by atoms with Crippen LogP contribution in [-0.4, -0.2) is 47.8 Å². The fraction of sp³-hybridized carbons (Fsp3) is 0.300. The van der Waals surface area contributed by atoms with E-state index in [4.69, 9.17) is 9.47 Å². The SMILES string of the molecule is COc1cc2ncc(-c3cc(F)c(OC)c(C(=O)O)c3)n2cc1S(=O)(=O)C(C)(C)C. The predicted molar refractivity (Wildman–Crippen MR) is 108 cm³/mol. The smallest absolute Gasteiger partial charge is 0.339 e. The summed E-state index contributed by atoms with van der Waals surface area (Å²) >= 11 is 0. The van der Waals surface area contributed by atoms with Gasteiger partial charge in [-0.05, 0) is 32.9 Å². The molecule has 0 amide bonds. The molecule has 0 saturated heterocycles. The van der Waals surface area contributed by atoms with Crippen molar-refractivity contribution in [2.75, 3.05) is 14.2 Å². The molecule has 3 aromatic rings. The van der Waals surface area contributed by atoms with E-state index >= 15 is 0 Å². The van der Waals surface area contributed by atoms with E-state index < -0.39 is 32.1 Å². The van der Waals surface area contributed by atoms with Gasteiger partial charge >= 0.3 is 5.97 Å². The standard InChI is InChI=1S/C20H21FN2O6S/c1-20(2,3)30(26,27)16-10-23-14(9-22-17(23)8-15(16)28-4)11-6-12(19(24)25)18(29-5)13(21)7-11/h6-10H,1-5H3,(H,24,25). The molecule has 0 aliphatic carbocycles. The molecule has 0 bridgehead atoms. The van der Waals surface area contributed by atoms with Gasteiger partial charge in [-0.1, -0.05) is 0 Å². The number of fused-ring (bicyclic) bond motifs is 1. The van der Waals surface area contributed by atoms with Gasteiger partial charge in [0.25, 0.3) is 0 Å². The number of carboxylic acid groups (broad SMARTS) is 1. The van der Waals surface area contributed by atoms with Crippen LogP contribution in [-0.2, 0) is 9.84 Å². The number of benzene rings is 1. The van der Waals surface area contributed by atoms with Crippen molar-refractivity contribution in [3.8, 4) is 22.8 Å². The lowest BCUT2D eigenvalue weighted by Crippen LogP contribution is -2.28. The fourth-order valence-corrected chi connectivity index (χ4v) is 4.31. The highest BCUT2D eigenvalue weighted by Crippen LogP contribution is 2.35. The highest BCUT2D eigenvalue weighted by atomic mass is 32.2. The van der Waals surface area contributed by atoms with Crippen LogP contribution in [0.15, 0.2) is 35.5 Å². The summed E-state index contributed by atoms with van der Waals surface area (Å²) in [7, 11) is -1.26. The van der Waals surface area contributed by atoms with Crippen LogP contribution in [0.2, 0.25) is 0 Å². The molecule has 0 fully saturated rings. The van der Waals surface area contributed by atoms with Crippen molar-refractivity contribution in [3.05, 3.63) is 42.0 Å². The molecular formula is C20H21FN2O6S. The maximum Gasteiger partial charge on any atom is 0.339 e. The molecule has 2 aromatic heterocycles. The monoisotopic (exact) mass is 436 g/mol. The van der Waals surface area contributed by atoms with Gasteiger partial charge in [0.1, 0.15) is 21.9 Å². The van der Waals surface area contributed by atoms with Crippen LogP contribution in [0, 0.1) is 5.82 Å². The number of rotatable bonds is 5. The van der Waals surface area contributed by atoms with Crippen molar-refractivity contribution in [3.63, 3.8) is 0 Å².